The van der Waals surface area contributed by atoms with Gasteiger partial charge in [-0.1, -0.05) is 11.6 Å². The number of amides is 1. The maximum atomic E-state index is 11.8. The molecule has 0 radical (unpaired) electrons. The van der Waals surface area contributed by atoms with Gasteiger partial charge in [-0.3, -0.25) is 14.9 Å². The van der Waals surface area contributed by atoms with Crippen molar-refractivity contribution in [1.29, 1.82) is 0 Å². The molecule has 0 fully saturated rings. The summed E-state index contributed by atoms with van der Waals surface area (Å²) < 4.78 is 0. The van der Waals surface area contributed by atoms with Crippen LogP contribution in [0.15, 0.2) is 18.2 Å². The molecule has 8 heteroatoms. The SMILES string of the molecule is CNC(C)CNC(=O)c1ccc([N+](=O)[O-])cc1Cl.Cl. The first-order valence-electron chi connectivity index (χ1n) is 5.35. The van der Waals surface area contributed by atoms with Crippen molar-refractivity contribution in [2.45, 2.75) is 13.0 Å². The molecular formula is C11H15Cl2N3O3. The van der Waals surface area contributed by atoms with Crippen molar-refractivity contribution in [3.05, 3.63) is 38.9 Å². The molecule has 0 heterocycles. The fraction of sp³-hybridized carbons (Fsp3) is 0.364. The normalized spacial score (nSPS) is 11.3. The topological polar surface area (TPSA) is 84.3 Å². The molecule has 1 atom stereocenters. The Hall–Kier alpha value is -1.37. The van der Waals surface area contributed by atoms with E-state index in [0.717, 1.165) is 6.07 Å². The summed E-state index contributed by atoms with van der Waals surface area (Å²) in [7, 11) is 1.79. The van der Waals surface area contributed by atoms with Crippen LogP contribution in [-0.2, 0) is 0 Å². The van der Waals surface area contributed by atoms with Gasteiger partial charge in [0, 0.05) is 24.7 Å². The smallest absolute Gasteiger partial charge is 0.270 e. The molecule has 1 amide bonds. The molecule has 1 rings (SSSR count). The standard InChI is InChI=1S/C11H14ClN3O3.ClH/c1-7(13-2)6-14-11(16)9-4-3-8(15(17)18)5-10(9)12;/h3-5,7,13H,6H2,1-2H3,(H,14,16);1H. The lowest BCUT2D eigenvalue weighted by Crippen LogP contribution is -2.37. The lowest BCUT2D eigenvalue weighted by molar-refractivity contribution is -0.384. The summed E-state index contributed by atoms with van der Waals surface area (Å²) >= 11 is 5.84. The Balaban J connectivity index is 0.00000324. The number of likely N-dealkylation sites (N-methyl/N-ethyl adjacent to an activating group) is 1. The third-order valence-corrected chi connectivity index (χ3v) is 2.78. The third kappa shape index (κ3) is 5.02. The predicted molar refractivity (Wildman–Crippen MR) is 76.2 cm³/mol. The summed E-state index contributed by atoms with van der Waals surface area (Å²) in [5.41, 5.74) is 0.0886. The molecule has 2 N–H and O–H groups in total. The maximum Gasteiger partial charge on any atom is 0.270 e. The first-order chi connectivity index (χ1) is 8.45. The van der Waals surface area contributed by atoms with Crippen LogP contribution in [0.1, 0.15) is 17.3 Å². The quantitative estimate of drug-likeness (QED) is 0.644. The van der Waals surface area contributed by atoms with Crippen LogP contribution in [0, 0.1) is 10.1 Å². The van der Waals surface area contributed by atoms with Gasteiger partial charge in [-0.2, -0.15) is 0 Å². The van der Waals surface area contributed by atoms with Gasteiger partial charge in [0.2, 0.25) is 0 Å². The van der Waals surface area contributed by atoms with Crippen LogP contribution in [-0.4, -0.2) is 30.5 Å². The number of hydrogen-bond donors (Lipinski definition) is 2. The predicted octanol–water partition coefficient (Wildman–Crippen LogP) is 2.01. The molecule has 0 aliphatic heterocycles. The highest BCUT2D eigenvalue weighted by molar-refractivity contribution is 6.34. The Labute approximate surface area is 122 Å². The fourth-order valence-electron chi connectivity index (χ4n) is 1.24. The molecule has 106 valence electrons. The van der Waals surface area contributed by atoms with E-state index in [4.69, 9.17) is 11.6 Å². The Morgan fingerprint density at radius 1 is 1.53 bits per heavy atom. The minimum absolute atomic E-state index is 0. The molecule has 6 nitrogen and oxygen atoms in total. The van der Waals surface area contributed by atoms with Gasteiger partial charge in [0.25, 0.3) is 11.6 Å². The van der Waals surface area contributed by atoms with Crippen molar-refractivity contribution in [1.82, 2.24) is 10.6 Å². The summed E-state index contributed by atoms with van der Waals surface area (Å²) in [6.45, 7) is 2.36. The third-order valence-electron chi connectivity index (χ3n) is 2.47. The number of benzene rings is 1. The second-order valence-electron chi connectivity index (χ2n) is 3.82. The number of nitro benzene ring substituents is 1. The van der Waals surface area contributed by atoms with E-state index in [1.807, 2.05) is 6.92 Å². The zero-order chi connectivity index (χ0) is 13.7. The number of nitro groups is 1. The second-order valence-corrected chi connectivity index (χ2v) is 4.23. The Kier molecular flexibility index (Phi) is 7.36. The Morgan fingerprint density at radius 3 is 2.63 bits per heavy atom. The van der Waals surface area contributed by atoms with E-state index in [1.54, 1.807) is 7.05 Å². The van der Waals surface area contributed by atoms with Gasteiger partial charge < -0.3 is 10.6 Å². The van der Waals surface area contributed by atoms with Crippen molar-refractivity contribution in [3.63, 3.8) is 0 Å². The van der Waals surface area contributed by atoms with Crippen molar-refractivity contribution < 1.29 is 9.72 Å². The van der Waals surface area contributed by atoms with Crippen LogP contribution in [0.5, 0.6) is 0 Å². The van der Waals surface area contributed by atoms with Crippen LogP contribution < -0.4 is 10.6 Å². The summed E-state index contributed by atoms with van der Waals surface area (Å²) in [6, 6.07) is 3.89. The highest BCUT2D eigenvalue weighted by Crippen LogP contribution is 2.22. The summed E-state index contributed by atoms with van der Waals surface area (Å²) in [5.74, 6) is -0.350. The van der Waals surface area contributed by atoms with Gasteiger partial charge in [-0.15, -0.1) is 12.4 Å². The lowest BCUT2D eigenvalue weighted by Gasteiger charge is -2.11. The van der Waals surface area contributed by atoms with Gasteiger partial charge in [-0.25, -0.2) is 0 Å². The number of carbonyl (C=O) groups is 1. The van der Waals surface area contributed by atoms with Crippen molar-refractivity contribution in [3.8, 4) is 0 Å². The zero-order valence-electron chi connectivity index (χ0n) is 10.5. The van der Waals surface area contributed by atoms with Gasteiger partial charge in [0.15, 0.2) is 0 Å². The van der Waals surface area contributed by atoms with Crippen molar-refractivity contribution in [2.24, 2.45) is 0 Å². The van der Waals surface area contributed by atoms with Crippen LogP contribution in [0.2, 0.25) is 5.02 Å². The molecule has 1 aromatic rings. The van der Waals surface area contributed by atoms with Crippen LogP contribution >= 0.6 is 24.0 Å². The zero-order valence-corrected chi connectivity index (χ0v) is 12.0. The molecule has 0 aromatic heterocycles. The van der Waals surface area contributed by atoms with E-state index in [-0.39, 0.29) is 40.6 Å². The van der Waals surface area contributed by atoms with E-state index in [2.05, 4.69) is 10.6 Å². The fourth-order valence-corrected chi connectivity index (χ4v) is 1.51. The minimum Gasteiger partial charge on any atom is -0.350 e. The molecule has 0 spiro atoms. The molecule has 0 aliphatic carbocycles. The molecule has 19 heavy (non-hydrogen) atoms. The Bertz CT molecular complexity index is 468. The first kappa shape index (κ1) is 17.6. The number of hydrogen-bond acceptors (Lipinski definition) is 4. The summed E-state index contributed by atoms with van der Waals surface area (Å²) in [5, 5.41) is 16.3. The molecule has 0 bridgehead atoms. The van der Waals surface area contributed by atoms with E-state index < -0.39 is 4.92 Å². The highest BCUT2D eigenvalue weighted by Gasteiger charge is 2.14. The first-order valence-corrected chi connectivity index (χ1v) is 5.73. The largest absolute Gasteiger partial charge is 0.350 e. The number of halogens is 2. The summed E-state index contributed by atoms with van der Waals surface area (Å²) in [4.78, 5) is 21.7. The average molecular weight is 308 g/mol. The Morgan fingerprint density at radius 2 is 2.16 bits per heavy atom. The lowest BCUT2D eigenvalue weighted by atomic mass is 10.2. The second kappa shape index (κ2) is 7.93. The number of nitrogens with zero attached hydrogens (tertiary/aromatic N) is 1. The van der Waals surface area contributed by atoms with E-state index >= 15 is 0 Å². The average Bonchev–Trinajstić information content (AvgIpc) is 2.35. The van der Waals surface area contributed by atoms with E-state index in [9.17, 15) is 14.9 Å². The van der Waals surface area contributed by atoms with Crippen LogP contribution in [0.4, 0.5) is 5.69 Å². The van der Waals surface area contributed by atoms with Gasteiger partial charge in [0.1, 0.15) is 0 Å². The van der Waals surface area contributed by atoms with Crippen molar-refractivity contribution >= 4 is 35.6 Å². The van der Waals surface area contributed by atoms with E-state index in [0.29, 0.717) is 6.54 Å². The molecule has 1 aromatic carbocycles. The molecular weight excluding hydrogens is 293 g/mol. The number of nitrogens with one attached hydrogen (secondary N) is 2. The molecule has 0 aliphatic rings. The minimum atomic E-state index is -0.559. The van der Waals surface area contributed by atoms with Gasteiger partial charge >= 0.3 is 0 Å². The number of non-ortho nitro benzene ring substituents is 1. The highest BCUT2D eigenvalue weighted by atomic mass is 35.5. The number of carbonyl (C=O) groups excluding carboxylic acids is 1. The van der Waals surface area contributed by atoms with Crippen LogP contribution in [0.25, 0.3) is 0 Å². The molecule has 1 unspecified atom stereocenters. The van der Waals surface area contributed by atoms with Crippen LogP contribution in [0.3, 0.4) is 0 Å². The van der Waals surface area contributed by atoms with Crippen molar-refractivity contribution in [2.75, 3.05) is 13.6 Å². The van der Waals surface area contributed by atoms with Gasteiger partial charge in [-0.05, 0) is 20.0 Å². The maximum absolute atomic E-state index is 11.8. The summed E-state index contributed by atoms with van der Waals surface area (Å²) in [6.07, 6.45) is 0. The van der Waals surface area contributed by atoms with Gasteiger partial charge in [0.05, 0.1) is 15.5 Å². The molecule has 0 saturated heterocycles. The molecule has 0 saturated carbocycles. The monoisotopic (exact) mass is 307 g/mol. The van der Waals surface area contributed by atoms with E-state index in [1.165, 1.54) is 12.1 Å². The number of rotatable bonds is 5.